The van der Waals surface area contributed by atoms with E-state index >= 15 is 0 Å². The van der Waals surface area contributed by atoms with Gasteiger partial charge in [-0.2, -0.15) is 0 Å². The summed E-state index contributed by atoms with van der Waals surface area (Å²) in [5.41, 5.74) is 3.62. The maximum Gasteiger partial charge on any atom is 0.255 e. The molecule has 0 aromatic heterocycles. The highest BCUT2D eigenvalue weighted by Gasteiger charge is 2.14. The Morgan fingerprint density at radius 3 is 2.21 bits per heavy atom. The molecule has 0 aliphatic carbocycles. The van der Waals surface area contributed by atoms with Crippen molar-refractivity contribution < 1.29 is 14.3 Å². The molecule has 1 amide bonds. The molecule has 0 heterocycles. The lowest BCUT2D eigenvalue weighted by Crippen LogP contribution is -2.13. The van der Waals surface area contributed by atoms with Gasteiger partial charge in [-0.3, -0.25) is 4.79 Å². The first-order valence-corrected chi connectivity index (χ1v) is 9.63. The van der Waals surface area contributed by atoms with Crippen molar-refractivity contribution in [2.24, 2.45) is 0 Å². The first kappa shape index (κ1) is 20.5. The van der Waals surface area contributed by atoms with Crippen LogP contribution in [0.5, 0.6) is 11.5 Å². The van der Waals surface area contributed by atoms with Gasteiger partial charge in [0.2, 0.25) is 0 Å². The Morgan fingerprint density at radius 2 is 1.59 bits per heavy atom. The lowest BCUT2D eigenvalue weighted by molar-refractivity contribution is 0.102. The molecule has 0 aliphatic rings. The highest BCUT2D eigenvalue weighted by atomic mass is 16.5. The van der Waals surface area contributed by atoms with Gasteiger partial charge in [-0.05, 0) is 46.9 Å². The Hall–Kier alpha value is -3.27. The minimum atomic E-state index is -0.193. The van der Waals surface area contributed by atoms with E-state index in [2.05, 4.69) is 26.1 Å². The predicted octanol–water partition coefficient (Wildman–Crippen LogP) is 5.82. The topological polar surface area (TPSA) is 47.6 Å². The number of hydrogen-bond donors (Lipinski definition) is 1. The first-order valence-electron chi connectivity index (χ1n) is 9.63. The van der Waals surface area contributed by atoms with Gasteiger partial charge >= 0.3 is 0 Å². The van der Waals surface area contributed by atoms with Crippen molar-refractivity contribution >= 4 is 11.6 Å². The minimum absolute atomic E-state index is 0.0749. The van der Waals surface area contributed by atoms with Crippen molar-refractivity contribution in [2.75, 3.05) is 12.4 Å². The van der Waals surface area contributed by atoms with Gasteiger partial charge in [0.25, 0.3) is 5.91 Å². The largest absolute Gasteiger partial charge is 0.493 e. The van der Waals surface area contributed by atoms with Crippen LogP contribution < -0.4 is 14.8 Å². The fourth-order valence-electron chi connectivity index (χ4n) is 2.92. The smallest absolute Gasteiger partial charge is 0.255 e. The third-order valence-corrected chi connectivity index (χ3v) is 4.67. The van der Waals surface area contributed by atoms with Crippen molar-refractivity contribution in [1.29, 1.82) is 0 Å². The zero-order valence-corrected chi connectivity index (χ0v) is 17.4. The van der Waals surface area contributed by atoms with Crippen molar-refractivity contribution in [3.63, 3.8) is 0 Å². The number of hydrogen-bond acceptors (Lipinski definition) is 3. The summed E-state index contributed by atoms with van der Waals surface area (Å²) < 4.78 is 11.3. The molecule has 4 heteroatoms. The molecule has 0 bridgehead atoms. The van der Waals surface area contributed by atoms with Gasteiger partial charge in [-0.25, -0.2) is 0 Å². The van der Waals surface area contributed by atoms with E-state index in [9.17, 15) is 4.79 Å². The summed E-state index contributed by atoms with van der Waals surface area (Å²) in [6, 6.07) is 23.0. The van der Waals surface area contributed by atoms with E-state index in [1.54, 1.807) is 25.3 Å². The number of anilines is 1. The lowest BCUT2D eigenvalue weighted by Gasteiger charge is -2.19. The Bertz CT molecular complexity index is 958. The summed E-state index contributed by atoms with van der Waals surface area (Å²) in [7, 11) is 1.57. The number of rotatable bonds is 6. The van der Waals surface area contributed by atoms with Crippen LogP contribution in [-0.4, -0.2) is 13.0 Å². The van der Waals surface area contributed by atoms with Crippen LogP contribution in [0.1, 0.15) is 42.3 Å². The molecule has 0 fully saturated rings. The maximum atomic E-state index is 12.6. The number of methoxy groups -OCH3 is 1. The summed E-state index contributed by atoms with van der Waals surface area (Å²) in [6.07, 6.45) is 0. The van der Waals surface area contributed by atoms with Gasteiger partial charge in [-0.15, -0.1) is 0 Å². The van der Waals surface area contributed by atoms with Crippen LogP contribution in [0.3, 0.4) is 0 Å². The molecule has 1 N–H and O–H groups in total. The van der Waals surface area contributed by atoms with Crippen molar-refractivity contribution in [3.05, 3.63) is 89.5 Å². The second kappa shape index (κ2) is 8.82. The number of benzene rings is 3. The molecule has 0 saturated heterocycles. The van der Waals surface area contributed by atoms with Gasteiger partial charge in [-0.1, -0.05) is 63.2 Å². The SMILES string of the molecule is COc1cc(C(=O)Nc2ccc(C(C)(C)C)cc2)ccc1OCc1ccccc1. The van der Waals surface area contributed by atoms with Gasteiger partial charge < -0.3 is 14.8 Å². The zero-order valence-electron chi connectivity index (χ0n) is 17.4. The molecule has 0 saturated carbocycles. The van der Waals surface area contributed by atoms with E-state index in [-0.39, 0.29) is 11.3 Å². The molecule has 0 aliphatic heterocycles. The molecule has 3 rings (SSSR count). The van der Waals surface area contributed by atoms with Crippen LogP contribution in [-0.2, 0) is 12.0 Å². The third kappa shape index (κ3) is 5.38. The molecule has 29 heavy (non-hydrogen) atoms. The molecular weight excluding hydrogens is 362 g/mol. The summed E-state index contributed by atoms with van der Waals surface area (Å²) >= 11 is 0. The number of amides is 1. The van der Waals surface area contributed by atoms with E-state index in [1.165, 1.54) is 5.56 Å². The van der Waals surface area contributed by atoms with E-state index in [0.717, 1.165) is 11.3 Å². The van der Waals surface area contributed by atoms with E-state index in [0.29, 0.717) is 23.7 Å². The minimum Gasteiger partial charge on any atom is -0.493 e. The van der Waals surface area contributed by atoms with E-state index < -0.39 is 0 Å². The van der Waals surface area contributed by atoms with Crippen LogP contribution in [0.25, 0.3) is 0 Å². The predicted molar refractivity (Wildman–Crippen MR) is 117 cm³/mol. The molecule has 4 nitrogen and oxygen atoms in total. The van der Waals surface area contributed by atoms with Crippen LogP contribution in [0, 0.1) is 0 Å². The number of carbonyl (C=O) groups is 1. The highest BCUT2D eigenvalue weighted by molar-refractivity contribution is 6.04. The number of ether oxygens (including phenoxy) is 2. The van der Waals surface area contributed by atoms with Gasteiger partial charge in [0.1, 0.15) is 6.61 Å². The Morgan fingerprint density at radius 1 is 0.897 bits per heavy atom. The van der Waals surface area contributed by atoms with Gasteiger partial charge in [0, 0.05) is 11.3 Å². The third-order valence-electron chi connectivity index (χ3n) is 4.67. The fraction of sp³-hybridized carbons (Fsp3) is 0.240. The normalized spacial score (nSPS) is 11.0. The maximum absolute atomic E-state index is 12.6. The Kier molecular flexibility index (Phi) is 6.23. The second-order valence-corrected chi connectivity index (χ2v) is 7.92. The average molecular weight is 389 g/mol. The summed E-state index contributed by atoms with van der Waals surface area (Å²) in [4.78, 5) is 12.6. The highest BCUT2D eigenvalue weighted by Crippen LogP contribution is 2.29. The summed E-state index contributed by atoms with van der Waals surface area (Å²) in [5.74, 6) is 0.931. The molecule has 0 spiro atoms. The summed E-state index contributed by atoms with van der Waals surface area (Å²) in [5, 5.41) is 2.93. The van der Waals surface area contributed by atoms with Crippen LogP contribution >= 0.6 is 0 Å². The molecule has 0 radical (unpaired) electrons. The average Bonchev–Trinajstić information content (AvgIpc) is 2.72. The Balaban J connectivity index is 1.69. The van der Waals surface area contributed by atoms with Crippen molar-refractivity contribution in [3.8, 4) is 11.5 Å². The molecule has 3 aromatic carbocycles. The molecule has 3 aromatic rings. The van der Waals surface area contributed by atoms with E-state index in [4.69, 9.17) is 9.47 Å². The quantitative estimate of drug-likeness (QED) is 0.577. The van der Waals surface area contributed by atoms with Gasteiger partial charge in [0.05, 0.1) is 7.11 Å². The fourth-order valence-corrected chi connectivity index (χ4v) is 2.92. The second-order valence-electron chi connectivity index (χ2n) is 7.92. The first-order chi connectivity index (χ1) is 13.9. The zero-order chi connectivity index (χ0) is 20.9. The summed E-state index contributed by atoms with van der Waals surface area (Å²) in [6.45, 7) is 6.92. The van der Waals surface area contributed by atoms with Crippen LogP contribution in [0.4, 0.5) is 5.69 Å². The van der Waals surface area contributed by atoms with Crippen LogP contribution in [0.15, 0.2) is 72.8 Å². The van der Waals surface area contributed by atoms with Crippen LogP contribution in [0.2, 0.25) is 0 Å². The van der Waals surface area contributed by atoms with Gasteiger partial charge in [0.15, 0.2) is 11.5 Å². The lowest BCUT2D eigenvalue weighted by atomic mass is 9.87. The molecule has 0 atom stereocenters. The van der Waals surface area contributed by atoms with E-state index in [1.807, 2.05) is 54.6 Å². The van der Waals surface area contributed by atoms with Crippen molar-refractivity contribution in [1.82, 2.24) is 0 Å². The number of carbonyl (C=O) groups excluding carboxylic acids is 1. The van der Waals surface area contributed by atoms with Crippen molar-refractivity contribution in [2.45, 2.75) is 32.8 Å². The standard InChI is InChI=1S/C25H27NO3/c1-25(2,3)20-11-13-21(14-12-20)26-24(27)19-10-15-22(23(16-19)28-4)29-17-18-8-6-5-7-9-18/h5-16H,17H2,1-4H3,(H,26,27). The Labute approximate surface area is 172 Å². The monoisotopic (exact) mass is 389 g/mol. The number of nitrogens with one attached hydrogen (secondary N) is 1. The molecular formula is C25H27NO3. The molecule has 150 valence electrons. The molecule has 0 unspecified atom stereocenters.